The average molecular weight is 294 g/mol. The van der Waals surface area contributed by atoms with Gasteiger partial charge in [0.25, 0.3) is 0 Å². The minimum absolute atomic E-state index is 0.466. The molecule has 0 aliphatic heterocycles. The number of anilines is 1. The van der Waals surface area contributed by atoms with Crippen LogP contribution >= 0.6 is 23.2 Å². The van der Waals surface area contributed by atoms with Gasteiger partial charge in [-0.1, -0.05) is 53.6 Å². The maximum Gasteiger partial charge on any atom is 0.0642 e. The number of benzene rings is 2. The molecule has 0 saturated carbocycles. The second-order valence-electron chi connectivity index (χ2n) is 4.73. The Balaban J connectivity index is 2.27. The van der Waals surface area contributed by atoms with Crippen molar-refractivity contribution in [3.63, 3.8) is 0 Å². The van der Waals surface area contributed by atoms with Crippen LogP contribution in [0.4, 0.5) is 5.69 Å². The number of hydrogen-bond donors (Lipinski definition) is 0. The smallest absolute Gasteiger partial charge is 0.0642 e. The highest BCUT2D eigenvalue weighted by atomic mass is 35.5. The quantitative estimate of drug-likeness (QED) is 0.715. The molecule has 0 atom stereocenters. The summed E-state index contributed by atoms with van der Waals surface area (Å²) in [4.78, 5) is 2.15. The van der Waals surface area contributed by atoms with Gasteiger partial charge in [0.2, 0.25) is 0 Å². The first kappa shape index (κ1) is 14.2. The number of rotatable bonds is 4. The summed E-state index contributed by atoms with van der Waals surface area (Å²) >= 11 is 12.3. The number of halogens is 2. The number of aryl methyl sites for hydroxylation is 1. The van der Waals surface area contributed by atoms with E-state index in [1.54, 1.807) is 0 Å². The zero-order chi connectivity index (χ0) is 13.8. The summed E-state index contributed by atoms with van der Waals surface area (Å²) in [5.74, 6) is 0.466. The molecule has 19 heavy (non-hydrogen) atoms. The van der Waals surface area contributed by atoms with E-state index in [4.69, 9.17) is 23.2 Å². The van der Waals surface area contributed by atoms with Crippen LogP contribution in [0.5, 0.6) is 0 Å². The summed E-state index contributed by atoms with van der Waals surface area (Å²) in [6.07, 6.45) is 0. The predicted molar refractivity (Wildman–Crippen MR) is 84.3 cm³/mol. The van der Waals surface area contributed by atoms with Crippen molar-refractivity contribution in [2.75, 3.05) is 11.9 Å². The maximum atomic E-state index is 6.30. The first-order chi connectivity index (χ1) is 9.11. The first-order valence-electron chi connectivity index (χ1n) is 6.22. The van der Waals surface area contributed by atoms with E-state index in [0.717, 1.165) is 22.8 Å². The summed E-state index contributed by atoms with van der Waals surface area (Å²) in [7, 11) is 2.04. The minimum atomic E-state index is 0.466. The van der Waals surface area contributed by atoms with Crippen LogP contribution in [0.3, 0.4) is 0 Å². The fourth-order valence-corrected chi connectivity index (χ4v) is 2.81. The van der Waals surface area contributed by atoms with Gasteiger partial charge in [-0.15, -0.1) is 11.6 Å². The van der Waals surface area contributed by atoms with Crippen LogP contribution in [0.15, 0.2) is 42.5 Å². The second-order valence-corrected chi connectivity index (χ2v) is 5.40. The van der Waals surface area contributed by atoms with Crippen molar-refractivity contribution in [3.8, 4) is 0 Å². The molecule has 0 fully saturated rings. The lowest BCUT2D eigenvalue weighted by molar-refractivity contribution is 0.914. The van der Waals surface area contributed by atoms with Crippen LogP contribution < -0.4 is 4.90 Å². The van der Waals surface area contributed by atoms with Gasteiger partial charge in [-0.2, -0.15) is 0 Å². The molecule has 1 nitrogen and oxygen atoms in total. The Bertz CT molecular complexity index is 566. The van der Waals surface area contributed by atoms with Gasteiger partial charge in [-0.25, -0.2) is 0 Å². The largest absolute Gasteiger partial charge is 0.369 e. The van der Waals surface area contributed by atoms with Crippen LogP contribution in [0, 0.1) is 6.92 Å². The minimum Gasteiger partial charge on any atom is -0.369 e. The van der Waals surface area contributed by atoms with E-state index in [1.807, 2.05) is 25.2 Å². The molecule has 100 valence electrons. The molecule has 0 aromatic heterocycles. The highest BCUT2D eigenvalue weighted by Gasteiger charge is 2.11. The van der Waals surface area contributed by atoms with E-state index in [9.17, 15) is 0 Å². The summed E-state index contributed by atoms with van der Waals surface area (Å²) < 4.78 is 0. The lowest BCUT2D eigenvalue weighted by atomic mass is 10.1. The fraction of sp³-hybridized carbons (Fsp3) is 0.250. The standard InChI is InChI=1S/C16H17Cl2N/c1-12-5-3-6-13(9-12)11-19(2)16-14(10-17)7-4-8-15(16)18/h3-9H,10-11H2,1-2H3. The van der Waals surface area contributed by atoms with Crippen molar-refractivity contribution < 1.29 is 0 Å². The molecule has 0 aliphatic carbocycles. The number of para-hydroxylation sites is 1. The Morgan fingerprint density at radius 2 is 1.84 bits per heavy atom. The van der Waals surface area contributed by atoms with Crippen molar-refractivity contribution in [2.45, 2.75) is 19.3 Å². The second kappa shape index (κ2) is 6.31. The summed E-state index contributed by atoms with van der Waals surface area (Å²) in [6, 6.07) is 14.3. The number of alkyl halides is 1. The molecule has 0 heterocycles. The maximum absolute atomic E-state index is 6.30. The topological polar surface area (TPSA) is 3.24 Å². The predicted octanol–water partition coefficient (Wildman–Crippen LogP) is 5.02. The van der Waals surface area contributed by atoms with Gasteiger partial charge in [0, 0.05) is 19.5 Å². The van der Waals surface area contributed by atoms with E-state index >= 15 is 0 Å². The third-order valence-electron chi connectivity index (χ3n) is 3.10. The zero-order valence-electron chi connectivity index (χ0n) is 11.2. The van der Waals surface area contributed by atoms with Crippen LogP contribution in [0.25, 0.3) is 0 Å². The van der Waals surface area contributed by atoms with Gasteiger partial charge in [0.1, 0.15) is 0 Å². The van der Waals surface area contributed by atoms with Gasteiger partial charge in [-0.3, -0.25) is 0 Å². The lowest BCUT2D eigenvalue weighted by Crippen LogP contribution is -2.18. The SMILES string of the molecule is Cc1cccc(CN(C)c2c(Cl)cccc2CCl)c1. The van der Waals surface area contributed by atoms with E-state index in [0.29, 0.717) is 5.88 Å². The summed E-state index contributed by atoms with van der Waals surface area (Å²) in [6.45, 7) is 2.92. The molecule has 0 aliphatic rings. The van der Waals surface area contributed by atoms with Crippen molar-refractivity contribution in [2.24, 2.45) is 0 Å². The van der Waals surface area contributed by atoms with Gasteiger partial charge in [-0.05, 0) is 24.1 Å². The monoisotopic (exact) mass is 293 g/mol. The van der Waals surface area contributed by atoms with Crippen LogP contribution in [-0.4, -0.2) is 7.05 Å². The van der Waals surface area contributed by atoms with Crippen molar-refractivity contribution in [3.05, 3.63) is 64.2 Å². The van der Waals surface area contributed by atoms with Gasteiger partial charge >= 0.3 is 0 Å². The average Bonchev–Trinajstić information content (AvgIpc) is 2.38. The van der Waals surface area contributed by atoms with Gasteiger partial charge in [0.05, 0.1) is 10.7 Å². The van der Waals surface area contributed by atoms with Crippen molar-refractivity contribution >= 4 is 28.9 Å². The molecule has 0 amide bonds. The first-order valence-corrected chi connectivity index (χ1v) is 7.13. The fourth-order valence-electron chi connectivity index (χ4n) is 2.26. The van der Waals surface area contributed by atoms with E-state index < -0.39 is 0 Å². The summed E-state index contributed by atoms with van der Waals surface area (Å²) in [5, 5.41) is 0.744. The third-order valence-corrected chi connectivity index (χ3v) is 3.69. The highest BCUT2D eigenvalue weighted by Crippen LogP contribution is 2.31. The molecule has 0 bridgehead atoms. The molecule has 3 heteroatoms. The van der Waals surface area contributed by atoms with E-state index in [1.165, 1.54) is 11.1 Å². The zero-order valence-corrected chi connectivity index (χ0v) is 12.7. The van der Waals surface area contributed by atoms with Crippen LogP contribution in [-0.2, 0) is 12.4 Å². The number of nitrogens with zero attached hydrogens (tertiary/aromatic N) is 1. The highest BCUT2D eigenvalue weighted by molar-refractivity contribution is 6.33. The molecule has 0 saturated heterocycles. The molecule has 0 unspecified atom stereocenters. The lowest BCUT2D eigenvalue weighted by Gasteiger charge is -2.23. The van der Waals surface area contributed by atoms with E-state index in [-0.39, 0.29) is 0 Å². The molecule has 0 spiro atoms. The molecular weight excluding hydrogens is 277 g/mol. The molecule has 2 rings (SSSR count). The Hall–Kier alpha value is -1.18. The Morgan fingerprint density at radius 3 is 2.53 bits per heavy atom. The Morgan fingerprint density at radius 1 is 1.11 bits per heavy atom. The normalized spacial score (nSPS) is 10.5. The summed E-state index contributed by atoms with van der Waals surface area (Å²) in [5.41, 5.74) is 4.61. The van der Waals surface area contributed by atoms with Crippen LogP contribution in [0.2, 0.25) is 5.02 Å². The Labute approximate surface area is 124 Å². The molecule has 2 aromatic rings. The van der Waals surface area contributed by atoms with Crippen molar-refractivity contribution in [1.29, 1.82) is 0 Å². The third kappa shape index (κ3) is 3.43. The molecule has 2 aromatic carbocycles. The van der Waals surface area contributed by atoms with Crippen LogP contribution in [0.1, 0.15) is 16.7 Å². The van der Waals surface area contributed by atoms with Gasteiger partial charge < -0.3 is 4.90 Å². The molecule has 0 radical (unpaired) electrons. The number of hydrogen-bond acceptors (Lipinski definition) is 1. The molecule has 0 N–H and O–H groups in total. The van der Waals surface area contributed by atoms with E-state index in [2.05, 4.69) is 36.1 Å². The Kier molecular flexibility index (Phi) is 4.73. The van der Waals surface area contributed by atoms with Crippen molar-refractivity contribution in [1.82, 2.24) is 0 Å². The van der Waals surface area contributed by atoms with Gasteiger partial charge in [0.15, 0.2) is 0 Å². The molecular formula is C16H17Cl2N.